The largest absolute Gasteiger partial charge is 0.472 e. The topological polar surface area (TPSA) is 268 Å². The molecule has 218 valence electrons. The van der Waals surface area contributed by atoms with Crippen LogP contribution >= 0.6 is 7.82 Å². The zero-order chi connectivity index (χ0) is 28.8. The van der Waals surface area contributed by atoms with Crippen LogP contribution in [0.5, 0.6) is 0 Å². The molecule has 0 aromatic carbocycles. The number of H-pyrrole nitrogens is 1. The molecule has 3 fully saturated rings. The minimum Gasteiger partial charge on any atom is -0.387 e. The summed E-state index contributed by atoms with van der Waals surface area (Å²) in [6.07, 6.45) is -7.78. The van der Waals surface area contributed by atoms with Crippen LogP contribution in [0.15, 0.2) is 30.1 Å². The Balaban J connectivity index is 1.08. The van der Waals surface area contributed by atoms with Crippen molar-refractivity contribution in [2.45, 2.75) is 54.7 Å². The molecule has 4 aromatic heterocycles. The van der Waals surface area contributed by atoms with Gasteiger partial charge in [0.25, 0.3) is 5.56 Å². The van der Waals surface area contributed by atoms with E-state index < -0.39 is 74.7 Å². The summed E-state index contributed by atoms with van der Waals surface area (Å²) in [5, 5.41) is 31.5. The van der Waals surface area contributed by atoms with Crippen molar-refractivity contribution in [3.8, 4) is 0 Å². The number of ether oxygens (including phenoxy) is 2. The van der Waals surface area contributed by atoms with E-state index in [1.54, 1.807) is 0 Å². The average Bonchev–Trinajstić information content (AvgIpc) is 3.48. The van der Waals surface area contributed by atoms with Crippen LogP contribution in [0.2, 0.25) is 0 Å². The lowest BCUT2D eigenvalue weighted by molar-refractivity contribution is -0.0969. The van der Waals surface area contributed by atoms with E-state index in [9.17, 15) is 29.6 Å². The predicted molar refractivity (Wildman–Crippen MR) is 128 cm³/mol. The van der Waals surface area contributed by atoms with Crippen LogP contribution < -0.4 is 11.3 Å². The van der Waals surface area contributed by atoms with Crippen LogP contribution in [-0.4, -0.2) is 108 Å². The van der Waals surface area contributed by atoms with Crippen LogP contribution in [0.4, 0.5) is 10.2 Å². The second kappa shape index (κ2) is 9.02. The van der Waals surface area contributed by atoms with Crippen molar-refractivity contribution in [2.75, 3.05) is 12.3 Å². The summed E-state index contributed by atoms with van der Waals surface area (Å²) >= 11 is 0. The summed E-state index contributed by atoms with van der Waals surface area (Å²) in [6.45, 7) is -0.826. The second-order valence-corrected chi connectivity index (χ2v) is 11.1. The SMILES string of the molecule is Nc1ncnc2c1ncn2[C@@H]1O[C@@H]2C(O)[C@]2(O)[C@H]1OP(=O)(O)OC[C@H]1O[C@@H](n2cnc3c(=O)[nH]cnc32)[C@H](F)[C@@H]1O. The van der Waals surface area contributed by atoms with Gasteiger partial charge in [0.1, 0.15) is 42.4 Å². The molecular weight excluding hydrogens is 576 g/mol. The number of alkyl halides is 1. The molecule has 21 heteroatoms. The van der Waals surface area contributed by atoms with Gasteiger partial charge in [0.05, 0.1) is 25.6 Å². The maximum Gasteiger partial charge on any atom is 0.472 e. The summed E-state index contributed by atoms with van der Waals surface area (Å²) in [6, 6.07) is 0. The van der Waals surface area contributed by atoms with Gasteiger partial charge in [0.15, 0.2) is 46.9 Å². The number of nitrogens with two attached hydrogens (primary N) is 1. The minimum absolute atomic E-state index is 0.0107. The molecule has 1 saturated carbocycles. The Bertz CT molecular complexity index is 1770. The Morgan fingerprint density at radius 3 is 2.59 bits per heavy atom. The van der Waals surface area contributed by atoms with Gasteiger partial charge in [-0.2, -0.15) is 0 Å². The molecule has 19 nitrogen and oxygen atoms in total. The molecule has 1 aliphatic carbocycles. The van der Waals surface area contributed by atoms with Gasteiger partial charge in [-0.1, -0.05) is 0 Å². The van der Waals surface area contributed by atoms with Crippen LogP contribution in [-0.2, 0) is 23.1 Å². The van der Waals surface area contributed by atoms with E-state index >= 15 is 4.39 Å². The summed E-state index contributed by atoms with van der Waals surface area (Å²) in [4.78, 5) is 44.6. The molecule has 3 aliphatic rings. The molecule has 7 rings (SSSR count). The number of phosphoric acid groups is 1. The number of aliphatic hydroxyl groups excluding tert-OH is 2. The molecule has 10 atom stereocenters. The molecule has 2 unspecified atom stereocenters. The van der Waals surface area contributed by atoms with Gasteiger partial charge < -0.3 is 40.4 Å². The van der Waals surface area contributed by atoms with Gasteiger partial charge in [-0.3, -0.25) is 23.0 Å². The molecule has 0 amide bonds. The van der Waals surface area contributed by atoms with E-state index in [1.165, 1.54) is 10.9 Å². The molecule has 41 heavy (non-hydrogen) atoms. The Morgan fingerprint density at radius 1 is 1.10 bits per heavy atom. The Kier molecular flexibility index (Phi) is 5.82. The van der Waals surface area contributed by atoms with Crippen molar-refractivity contribution < 1.29 is 47.7 Å². The van der Waals surface area contributed by atoms with E-state index in [4.69, 9.17) is 24.3 Å². The van der Waals surface area contributed by atoms with Gasteiger partial charge in [-0.25, -0.2) is 33.9 Å². The highest BCUT2D eigenvalue weighted by molar-refractivity contribution is 7.47. The Morgan fingerprint density at radius 2 is 1.80 bits per heavy atom. The number of anilines is 1. The van der Waals surface area contributed by atoms with Crippen LogP contribution in [0.1, 0.15) is 12.5 Å². The highest BCUT2D eigenvalue weighted by atomic mass is 31.2. The van der Waals surface area contributed by atoms with E-state index in [0.717, 1.165) is 23.5 Å². The third-order valence-corrected chi connectivity index (χ3v) is 8.32. The number of hydrogen-bond acceptors (Lipinski definition) is 15. The highest BCUT2D eigenvalue weighted by Crippen LogP contribution is 2.60. The van der Waals surface area contributed by atoms with Crippen LogP contribution in [0, 0.1) is 0 Å². The van der Waals surface area contributed by atoms with E-state index in [1.807, 2.05) is 0 Å². The summed E-state index contributed by atoms with van der Waals surface area (Å²) < 4.78 is 51.9. The molecule has 0 bridgehead atoms. The van der Waals surface area contributed by atoms with E-state index in [2.05, 4.69) is 29.9 Å². The predicted octanol–water partition coefficient (Wildman–Crippen LogP) is -2.36. The number of fused-ring (bicyclic) bond motifs is 3. The van der Waals surface area contributed by atoms with Gasteiger partial charge in [-0.05, 0) is 0 Å². The number of rotatable bonds is 7. The maximum atomic E-state index is 15.0. The van der Waals surface area contributed by atoms with Crippen molar-refractivity contribution in [2.24, 2.45) is 0 Å². The quantitative estimate of drug-likeness (QED) is 0.122. The fourth-order valence-electron chi connectivity index (χ4n) is 5.17. The summed E-state index contributed by atoms with van der Waals surface area (Å²) in [7, 11) is -5.09. The van der Waals surface area contributed by atoms with Crippen molar-refractivity contribution in [1.29, 1.82) is 0 Å². The lowest BCUT2D eigenvalue weighted by Gasteiger charge is -2.28. The van der Waals surface area contributed by atoms with Crippen molar-refractivity contribution in [3.05, 3.63) is 35.7 Å². The molecule has 0 spiro atoms. The van der Waals surface area contributed by atoms with Crippen molar-refractivity contribution >= 4 is 36.0 Å². The lowest BCUT2D eigenvalue weighted by Crippen LogP contribution is -2.39. The minimum atomic E-state index is -5.09. The van der Waals surface area contributed by atoms with Crippen LogP contribution in [0.3, 0.4) is 0 Å². The molecular formula is C20H21FN9O10P. The number of halogens is 1. The third kappa shape index (κ3) is 3.91. The molecule has 6 heterocycles. The van der Waals surface area contributed by atoms with Crippen LogP contribution in [0.25, 0.3) is 22.3 Å². The number of aromatic nitrogens is 8. The number of aromatic amines is 1. The first-order chi connectivity index (χ1) is 19.5. The molecule has 4 aromatic rings. The van der Waals surface area contributed by atoms with Crippen molar-refractivity contribution in [1.82, 2.24) is 39.0 Å². The normalized spacial score (nSPS) is 36.1. The second-order valence-electron chi connectivity index (χ2n) is 9.71. The number of nitrogens with one attached hydrogen (secondary N) is 1. The van der Waals surface area contributed by atoms with Gasteiger partial charge in [-0.15, -0.1) is 0 Å². The monoisotopic (exact) mass is 597 g/mol. The van der Waals surface area contributed by atoms with Gasteiger partial charge in [0, 0.05) is 0 Å². The van der Waals surface area contributed by atoms with Crippen molar-refractivity contribution in [3.63, 3.8) is 0 Å². The van der Waals surface area contributed by atoms with Gasteiger partial charge in [0.2, 0.25) is 0 Å². The van der Waals surface area contributed by atoms with E-state index in [0.29, 0.717) is 0 Å². The summed E-state index contributed by atoms with van der Waals surface area (Å²) in [5.74, 6) is 0.0511. The number of aliphatic hydroxyl groups is 3. The maximum absolute atomic E-state index is 15.0. The fraction of sp³-hybridized carbons (Fsp3) is 0.500. The molecule has 0 radical (unpaired) electrons. The molecule has 7 N–H and O–H groups in total. The number of nitrogen functional groups attached to an aromatic ring is 1. The fourth-order valence-corrected chi connectivity index (χ4v) is 6.12. The first kappa shape index (κ1) is 26.4. The zero-order valence-corrected chi connectivity index (χ0v) is 21.3. The number of nitrogens with zero attached hydrogens (tertiary/aromatic N) is 7. The smallest absolute Gasteiger partial charge is 0.387 e. The summed E-state index contributed by atoms with van der Waals surface area (Å²) in [5.41, 5.74) is 3.42. The Labute approximate surface area is 225 Å². The first-order valence-corrected chi connectivity index (χ1v) is 13.5. The highest BCUT2D eigenvalue weighted by Gasteiger charge is 2.78. The average molecular weight is 597 g/mol. The molecule has 2 aliphatic heterocycles. The zero-order valence-electron chi connectivity index (χ0n) is 20.4. The Hall–Kier alpha value is -3.46. The molecule has 2 saturated heterocycles. The van der Waals surface area contributed by atoms with E-state index in [-0.39, 0.29) is 28.1 Å². The van der Waals surface area contributed by atoms with Gasteiger partial charge >= 0.3 is 7.82 Å². The standard InChI is InChI=1S/C20H21FN9O10P/c21-7-10(31)6(38-18(7)29-5-28-9-16(29)25-3-26-17(9)33)1-37-41(35,36)40-13-19(39-12-11(32)20(12,13)34)30-4-27-8-14(22)23-2-24-15(8)30/h2-7,10-13,18-19,31-32,34H,1H2,(H,35,36)(H2,22,23,24)(H,25,26,33)/t6-,7-,10-,11?,12-,13+,18-,19-,20-/m1/s1. The number of phosphoric ester groups is 1. The third-order valence-electron chi connectivity index (χ3n) is 7.35. The lowest BCUT2D eigenvalue weighted by atomic mass is 10.1. The first-order valence-electron chi connectivity index (χ1n) is 12.0. The number of imidazole rings is 2. The number of hydrogen-bond donors (Lipinski definition) is 6.